The van der Waals surface area contributed by atoms with E-state index >= 15 is 0 Å². The van der Waals surface area contributed by atoms with E-state index < -0.39 is 0 Å². The Balaban J connectivity index is 1.31. The van der Waals surface area contributed by atoms with Crippen molar-refractivity contribution in [2.24, 2.45) is 16.8 Å². The summed E-state index contributed by atoms with van der Waals surface area (Å²) in [6, 6.07) is 8.33. The van der Waals surface area contributed by atoms with Crippen LogP contribution >= 0.6 is 0 Å². The van der Waals surface area contributed by atoms with Crippen LogP contribution in [0.2, 0.25) is 0 Å². The summed E-state index contributed by atoms with van der Waals surface area (Å²) in [6.45, 7) is 5.79. The first kappa shape index (κ1) is 16.3. The van der Waals surface area contributed by atoms with Crippen LogP contribution in [0.5, 0.6) is 0 Å². The molecule has 2 aromatic rings. The molecule has 26 heavy (non-hydrogen) atoms. The Hall–Kier alpha value is -1.92. The van der Waals surface area contributed by atoms with Gasteiger partial charge in [-0.2, -0.15) is 9.78 Å². The highest BCUT2D eigenvalue weighted by Gasteiger charge is 2.33. The number of hydroxylamine groups is 1. The van der Waals surface area contributed by atoms with Crippen LogP contribution in [0, 0.1) is 11.8 Å². The fraction of sp³-hybridized carbons (Fsp3) is 0.600. The Kier molecular flexibility index (Phi) is 4.17. The maximum atomic E-state index is 5.85. The summed E-state index contributed by atoms with van der Waals surface area (Å²) in [6.07, 6.45) is 6.00. The Morgan fingerprint density at radius 1 is 1.15 bits per heavy atom. The van der Waals surface area contributed by atoms with Gasteiger partial charge in [0.2, 0.25) is 5.96 Å². The van der Waals surface area contributed by atoms with Gasteiger partial charge in [-0.15, -0.1) is 0 Å². The van der Waals surface area contributed by atoms with Gasteiger partial charge in [-0.1, -0.05) is 25.1 Å². The SMILES string of the molecule is CCc1nn(C2=NC(C3CCN(CC4CC4)CC3)ON2)c2ccccc12. The van der Waals surface area contributed by atoms with Crippen molar-refractivity contribution >= 4 is 16.9 Å². The van der Waals surface area contributed by atoms with Gasteiger partial charge < -0.3 is 4.90 Å². The standard InChI is InChI=1S/C20H27N5O/c1-2-17-16-5-3-4-6-18(16)25(22-17)20-21-19(26-23-20)15-9-11-24(12-10-15)13-14-7-8-14/h3-6,14-15,19H,2,7-13H2,1H3,(H,21,23). The highest BCUT2D eigenvalue weighted by molar-refractivity contribution is 5.93. The molecular formula is C20H27N5O. The molecule has 5 rings (SSSR count). The molecule has 1 unspecified atom stereocenters. The van der Waals surface area contributed by atoms with Crippen molar-refractivity contribution in [2.75, 3.05) is 19.6 Å². The van der Waals surface area contributed by atoms with Gasteiger partial charge in [0.25, 0.3) is 0 Å². The maximum Gasteiger partial charge on any atom is 0.246 e. The third-order valence-electron chi connectivity index (χ3n) is 5.97. The molecule has 138 valence electrons. The Bertz CT molecular complexity index is 817. The van der Waals surface area contributed by atoms with Gasteiger partial charge in [-0.3, -0.25) is 0 Å². The zero-order valence-electron chi connectivity index (χ0n) is 15.4. The topological polar surface area (TPSA) is 54.7 Å². The highest BCUT2D eigenvalue weighted by atomic mass is 16.7. The highest BCUT2D eigenvalue weighted by Crippen LogP contribution is 2.32. The second kappa shape index (κ2) is 6.67. The monoisotopic (exact) mass is 353 g/mol. The maximum absolute atomic E-state index is 5.85. The molecule has 3 aliphatic rings. The molecule has 0 amide bonds. The minimum absolute atomic E-state index is 0.0962. The van der Waals surface area contributed by atoms with E-state index in [1.165, 1.54) is 37.9 Å². The number of likely N-dealkylation sites (tertiary alicyclic amines) is 1. The van der Waals surface area contributed by atoms with Crippen LogP contribution in [-0.2, 0) is 11.3 Å². The summed E-state index contributed by atoms with van der Waals surface area (Å²) in [5, 5.41) is 5.95. The molecule has 0 bridgehead atoms. The van der Waals surface area contributed by atoms with Crippen LogP contribution < -0.4 is 5.48 Å². The van der Waals surface area contributed by atoms with E-state index in [-0.39, 0.29) is 6.23 Å². The summed E-state index contributed by atoms with van der Waals surface area (Å²) in [5.74, 6) is 2.18. The fourth-order valence-electron chi connectivity index (χ4n) is 4.23. The van der Waals surface area contributed by atoms with Crippen LogP contribution in [0.3, 0.4) is 0 Å². The van der Waals surface area contributed by atoms with Gasteiger partial charge >= 0.3 is 0 Å². The van der Waals surface area contributed by atoms with Crippen molar-refractivity contribution in [1.82, 2.24) is 20.2 Å². The van der Waals surface area contributed by atoms with Crippen molar-refractivity contribution < 1.29 is 4.84 Å². The minimum atomic E-state index is -0.0962. The molecule has 1 saturated heterocycles. The molecule has 1 aliphatic carbocycles. The molecule has 1 saturated carbocycles. The Morgan fingerprint density at radius 2 is 1.96 bits per heavy atom. The first-order valence-corrected chi connectivity index (χ1v) is 10.0. The number of hydrogen-bond acceptors (Lipinski definition) is 5. The van der Waals surface area contributed by atoms with E-state index in [0.717, 1.165) is 36.4 Å². The van der Waals surface area contributed by atoms with Gasteiger partial charge in [0.1, 0.15) is 0 Å². The van der Waals surface area contributed by atoms with E-state index in [2.05, 4.69) is 35.5 Å². The van der Waals surface area contributed by atoms with Crippen LogP contribution in [0.1, 0.15) is 38.3 Å². The van der Waals surface area contributed by atoms with Crippen molar-refractivity contribution in [2.45, 2.75) is 45.3 Å². The minimum Gasteiger partial charge on any atom is -0.303 e. The average molecular weight is 353 g/mol. The van der Waals surface area contributed by atoms with Crippen LogP contribution in [0.4, 0.5) is 0 Å². The number of para-hydroxylation sites is 1. The van der Waals surface area contributed by atoms with Gasteiger partial charge in [-0.05, 0) is 57.2 Å². The van der Waals surface area contributed by atoms with Crippen molar-refractivity contribution in [3.8, 4) is 0 Å². The zero-order valence-corrected chi connectivity index (χ0v) is 15.4. The summed E-state index contributed by atoms with van der Waals surface area (Å²) in [7, 11) is 0. The van der Waals surface area contributed by atoms with Crippen molar-refractivity contribution in [3.63, 3.8) is 0 Å². The Labute approximate surface area is 154 Å². The van der Waals surface area contributed by atoms with Gasteiger partial charge in [0, 0.05) is 17.8 Å². The third-order valence-corrected chi connectivity index (χ3v) is 5.97. The molecule has 0 spiro atoms. The predicted octanol–water partition coefficient (Wildman–Crippen LogP) is 2.79. The molecule has 3 heterocycles. The number of nitrogens with zero attached hydrogens (tertiary/aromatic N) is 4. The summed E-state index contributed by atoms with van der Waals surface area (Å²) >= 11 is 0. The summed E-state index contributed by atoms with van der Waals surface area (Å²) in [4.78, 5) is 13.3. The summed E-state index contributed by atoms with van der Waals surface area (Å²) < 4.78 is 1.90. The molecular weight excluding hydrogens is 326 g/mol. The molecule has 6 nitrogen and oxygen atoms in total. The number of rotatable bonds is 4. The number of hydrogen-bond donors (Lipinski definition) is 1. The number of aliphatic imine (C=N–C) groups is 1. The van der Waals surface area contributed by atoms with E-state index in [0.29, 0.717) is 11.9 Å². The average Bonchev–Trinajstić information content (AvgIpc) is 3.22. The number of aryl methyl sites for hydroxylation is 1. The number of aromatic nitrogens is 2. The van der Waals surface area contributed by atoms with Crippen molar-refractivity contribution in [1.29, 1.82) is 0 Å². The van der Waals surface area contributed by atoms with Gasteiger partial charge in [-0.25, -0.2) is 15.3 Å². The first-order chi connectivity index (χ1) is 12.8. The number of piperidine rings is 1. The molecule has 1 aromatic carbocycles. The smallest absolute Gasteiger partial charge is 0.246 e. The molecule has 0 radical (unpaired) electrons. The lowest BCUT2D eigenvalue weighted by Gasteiger charge is -2.32. The summed E-state index contributed by atoms with van der Waals surface area (Å²) in [5.41, 5.74) is 5.22. The second-order valence-corrected chi connectivity index (χ2v) is 7.87. The molecule has 2 fully saturated rings. The first-order valence-electron chi connectivity index (χ1n) is 10.0. The Morgan fingerprint density at radius 3 is 2.73 bits per heavy atom. The number of nitrogens with one attached hydrogen (secondary N) is 1. The third kappa shape index (κ3) is 3.01. The van der Waals surface area contributed by atoms with Crippen LogP contribution in [0.25, 0.3) is 10.9 Å². The van der Waals surface area contributed by atoms with Gasteiger partial charge in [0.05, 0.1) is 11.2 Å². The lowest BCUT2D eigenvalue weighted by atomic mass is 9.95. The van der Waals surface area contributed by atoms with Crippen LogP contribution in [0.15, 0.2) is 29.3 Å². The van der Waals surface area contributed by atoms with E-state index in [1.807, 2.05) is 10.7 Å². The molecule has 1 atom stereocenters. The van der Waals surface area contributed by atoms with E-state index in [9.17, 15) is 0 Å². The van der Waals surface area contributed by atoms with Gasteiger partial charge in [0.15, 0.2) is 6.23 Å². The van der Waals surface area contributed by atoms with E-state index in [4.69, 9.17) is 14.9 Å². The zero-order chi connectivity index (χ0) is 17.5. The normalized spacial score (nSPS) is 24.8. The quantitative estimate of drug-likeness (QED) is 0.918. The number of benzene rings is 1. The lowest BCUT2D eigenvalue weighted by molar-refractivity contribution is -0.0187. The second-order valence-electron chi connectivity index (χ2n) is 7.87. The van der Waals surface area contributed by atoms with Crippen LogP contribution in [-0.4, -0.2) is 46.5 Å². The molecule has 2 aliphatic heterocycles. The lowest BCUT2D eigenvalue weighted by Crippen LogP contribution is -2.38. The van der Waals surface area contributed by atoms with E-state index in [1.54, 1.807) is 0 Å². The number of fused-ring (bicyclic) bond motifs is 1. The predicted molar refractivity (Wildman–Crippen MR) is 102 cm³/mol. The molecule has 1 aromatic heterocycles. The largest absolute Gasteiger partial charge is 0.303 e. The van der Waals surface area contributed by atoms with Crippen molar-refractivity contribution in [3.05, 3.63) is 30.0 Å². The molecule has 1 N–H and O–H groups in total. The fourth-order valence-corrected chi connectivity index (χ4v) is 4.23. The molecule has 6 heteroatoms.